The molecule has 0 saturated heterocycles. The van der Waals surface area contributed by atoms with Gasteiger partial charge >= 0.3 is 11.9 Å². The number of carbonyl (C=O) groups excluding carboxylic acids is 1. The fraction of sp³-hybridized carbons (Fsp3) is 0.417. The van der Waals surface area contributed by atoms with Crippen LogP contribution in [0.3, 0.4) is 0 Å². The van der Waals surface area contributed by atoms with Crippen molar-refractivity contribution < 1.29 is 24.2 Å². The molecule has 0 atom stereocenters. The molecule has 0 bridgehead atoms. The van der Waals surface area contributed by atoms with Gasteiger partial charge in [-0.3, -0.25) is 9.59 Å². The molecular formula is C24H27ClO5. The van der Waals surface area contributed by atoms with E-state index in [1.165, 1.54) is 0 Å². The highest BCUT2D eigenvalue weighted by Gasteiger charge is 2.35. The second kappa shape index (κ2) is 9.09. The summed E-state index contributed by atoms with van der Waals surface area (Å²) in [4.78, 5) is 23.2. The van der Waals surface area contributed by atoms with Gasteiger partial charge in [0.1, 0.15) is 17.1 Å². The Morgan fingerprint density at radius 3 is 2.60 bits per heavy atom. The maximum absolute atomic E-state index is 12.3. The molecule has 1 N–H and O–H groups in total. The molecule has 0 fully saturated rings. The van der Waals surface area contributed by atoms with E-state index in [-0.39, 0.29) is 12.8 Å². The third-order valence-electron chi connectivity index (χ3n) is 5.20. The second-order valence-electron chi connectivity index (χ2n) is 8.14. The first-order valence-electron chi connectivity index (χ1n) is 10.2. The number of benzene rings is 2. The van der Waals surface area contributed by atoms with Crippen LogP contribution < -0.4 is 9.47 Å². The number of alkyl halides is 1. The molecule has 0 unspecified atom stereocenters. The number of rotatable bonds is 8. The first-order valence-corrected chi connectivity index (χ1v) is 10.7. The number of carbonyl (C=O) groups is 2. The molecule has 0 spiro atoms. The van der Waals surface area contributed by atoms with E-state index in [2.05, 4.69) is 6.07 Å². The van der Waals surface area contributed by atoms with E-state index in [0.29, 0.717) is 17.4 Å². The Bertz CT molecular complexity index is 964. The first kappa shape index (κ1) is 22.2. The molecule has 0 aromatic heterocycles. The molecule has 0 aliphatic carbocycles. The molecule has 1 aliphatic heterocycles. The zero-order valence-electron chi connectivity index (χ0n) is 17.6. The maximum atomic E-state index is 12.3. The minimum absolute atomic E-state index is 0.187. The van der Waals surface area contributed by atoms with Gasteiger partial charge in [-0.25, -0.2) is 0 Å². The molecule has 2 aromatic carbocycles. The van der Waals surface area contributed by atoms with Crippen molar-refractivity contribution in [1.82, 2.24) is 0 Å². The molecule has 0 radical (unpaired) electrons. The van der Waals surface area contributed by atoms with E-state index >= 15 is 0 Å². The highest BCUT2D eigenvalue weighted by Crippen LogP contribution is 2.50. The first-order chi connectivity index (χ1) is 14.2. The molecular weight excluding hydrogens is 404 g/mol. The van der Waals surface area contributed by atoms with E-state index in [1.807, 2.05) is 45.0 Å². The number of unbranched alkanes of at least 4 members (excludes halogenated alkanes) is 1. The van der Waals surface area contributed by atoms with Crippen molar-refractivity contribution in [1.29, 1.82) is 0 Å². The number of hydrogen-bond donors (Lipinski definition) is 1. The van der Waals surface area contributed by atoms with E-state index in [9.17, 15) is 9.59 Å². The van der Waals surface area contributed by atoms with Gasteiger partial charge in [0.05, 0.1) is 18.4 Å². The van der Waals surface area contributed by atoms with Gasteiger partial charge in [-0.15, -0.1) is 11.6 Å². The fourth-order valence-electron chi connectivity index (χ4n) is 3.74. The molecule has 3 rings (SSSR count). The van der Waals surface area contributed by atoms with Crippen LogP contribution >= 0.6 is 11.6 Å². The second-order valence-corrected chi connectivity index (χ2v) is 8.52. The highest BCUT2D eigenvalue weighted by molar-refractivity contribution is 6.17. The standard InChI is InChI=1S/C24H27ClO5/c1-15-7-8-18-17(12-15)23-19(29-22(28)10-9-21(26)27)13-16(6-4-5-11-25)14-20(23)30-24(18,2)3/h7-8,12-14H,4-6,9-11H2,1-3H3,(H,26,27). The van der Waals surface area contributed by atoms with Crippen LogP contribution in [0.1, 0.15) is 56.2 Å². The summed E-state index contributed by atoms with van der Waals surface area (Å²) in [7, 11) is 0. The van der Waals surface area contributed by atoms with Gasteiger partial charge in [-0.1, -0.05) is 23.8 Å². The number of esters is 1. The van der Waals surface area contributed by atoms with Crippen molar-refractivity contribution in [3.8, 4) is 22.6 Å². The Kier molecular flexibility index (Phi) is 6.71. The van der Waals surface area contributed by atoms with Crippen LogP contribution in [0, 0.1) is 6.92 Å². The number of carboxylic acid groups (broad SMARTS) is 1. The predicted octanol–water partition coefficient (Wildman–Crippen LogP) is 5.62. The number of carboxylic acids is 1. The van der Waals surface area contributed by atoms with E-state index in [0.717, 1.165) is 47.1 Å². The van der Waals surface area contributed by atoms with Gasteiger partial charge in [0.25, 0.3) is 0 Å². The summed E-state index contributed by atoms with van der Waals surface area (Å²) in [6.07, 6.45) is 2.13. The lowest BCUT2D eigenvalue weighted by Crippen LogP contribution is -2.29. The van der Waals surface area contributed by atoms with Crippen LogP contribution in [0.5, 0.6) is 11.5 Å². The summed E-state index contributed by atoms with van der Waals surface area (Å²) in [5.74, 6) is 0.0676. The summed E-state index contributed by atoms with van der Waals surface area (Å²) in [5, 5.41) is 8.86. The number of ether oxygens (including phenoxy) is 2. The molecule has 1 aliphatic rings. The van der Waals surface area contributed by atoms with Crippen molar-refractivity contribution >= 4 is 23.5 Å². The Balaban J connectivity index is 2.07. The van der Waals surface area contributed by atoms with Crippen molar-refractivity contribution in [2.24, 2.45) is 0 Å². The smallest absolute Gasteiger partial charge is 0.311 e. The molecule has 6 heteroatoms. The largest absolute Gasteiger partial charge is 0.482 e. The van der Waals surface area contributed by atoms with Gasteiger partial charge < -0.3 is 14.6 Å². The van der Waals surface area contributed by atoms with Gasteiger partial charge in [0.15, 0.2) is 0 Å². The average Bonchev–Trinajstić information content (AvgIpc) is 2.65. The van der Waals surface area contributed by atoms with Crippen molar-refractivity contribution in [3.05, 3.63) is 47.0 Å². The minimum atomic E-state index is -1.03. The Hall–Kier alpha value is -2.53. The Morgan fingerprint density at radius 2 is 1.90 bits per heavy atom. The van der Waals surface area contributed by atoms with Crippen LogP contribution in [0.2, 0.25) is 0 Å². The monoisotopic (exact) mass is 430 g/mol. The molecule has 160 valence electrons. The highest BCUT2D eigenvalue weighted by atomic mass is 35.5. The summed E-state index contributed by atoms with van der Waals surface area (Å²) < 4.78 is 12.0. The summed E-state index contributed by atoms with van der Waals surface area (Å²) in [6.45, 7) is 6.05. The zero-order chi connectivity index (χ0) is 21.9. The average molecular weight is 431 g/mol. The predicted molar refractivity (Wildman–Crippen MR) is 116 cm³/mol. The van der Waals surface area contributed by atoms with Gasteiger partial charge in [-0.2, -0.15) is 0 Å². The van der Waals surface area contributed by atoms with Crippen molar-refractivity contribution in [3.63, 3.8) is 0 Å². The number of halogens is 1. The van der Waals surface area contributed by atoms with Crippen LogP contribution in [0.15, 0.2) is 30.3 Å². The van der Waals surface area contributed by atoms with E-state index in [1.54, 1.807) is 0 Å². The number of hydrogen-bond acceptors (Lipinski definition) is 4. The van der Waals surface area contributed by atoms with Crippen LogP contribution in [0.4, 0.5) is 0 Å². The SMILES string of the molecule is Cc1ccc2c(c1)-c1c(OC(=O)CCC(=O)O)cc(CCCCCl)cc1OC2(C)C. The van der Waals surface area contributed by atoms with E-state index in [4.69, 9.17) is 26.2 Å². The quantitative estimate of drug-likeness (QED) is 0.254. The van der Waals surface area contributed by atoms with E-state index < -0.39 is 17.5 Å². The van der Waals surface area contributed by atoms with Crippen molar-refractivity contribution in [2.75, 3.05) is 5.88 Å². The molecule has 0 amide bonds. The summed E-state index contributed by atoms with van der Waals surface area (Å²) in [5.41, 5.74) is 4.26. The van der Waals surface area contributed by atoms with Gasteiger partial charge in [0.2, 0.25) is 0 Å². The molecule has 30 heavy (non-hydrogen) atoms. The van der Waals surface area contributed by atoms with Crippen LogP contribution in [-0.4, -0.2) is 22.9 Å². The lowest BCUT2D eigenvalue weighted by molar-refractivity contribution is -0.142. The number of fused-ring (bicyclic) bond motifs is 3. The number of aryl methyl sites for hydroxylation is 2. The van der Waals surface area contributed by atoms with Crippen molar-refractivity contribution in [2.45, 2.75) is 58.5 Å². The topological polar surface area (TPSA) is 72.8 Å². The minimum Gasteiger partial charge on any atom is -0.482 e. The fourth-order valence-corrected chi connectivity index (χ4v) is 3.93. The maximum Gasteiger partial charge on any atom is 0.311 e. The van der Waals surface area contributed by atoms with Gasteiger partial charge in [-0.05, 0) is 63.3 Å². The lowest BCUT2D eigenvalue weighted by Gasteiger charge is -2.36. The molecule has 5 nitrogen and oxygen atoms in total. The van der Waals surface area contributed by atoms with Gasteiger partial charge in [0, 0.05) is 11.4 Å². The molecule has 2 aromatic rings. The molecule has 0 saturated carbocycles. The third kappa shape index (κ3) is 4.96. The zero-order valence-corrected chi connectivity index (χ0v) is 18.3. The third-order valence-corrected chi connectivity index (χ3v) is 5.47. The summed E-state index contributed by atoms with van der Waals surface area (Å²) in [6, 6.07) is 10.0. The van der Waals surface area contributed by atoms with Crippen LogP contribution in [-0.2, 0) is 21.6 Å². The van der Waals surface area contributed by atoms with Crippen LogP contribution in [0.25, 0.3) is 11.1 Å². The number of aliphatic carboxylic acids is 1. The molecule has 1 heterocycles. The Labute approximate surface area is 182 Å². The lowest BCUT2D eigenvalue weighted by atomic mass is 9.84. The normalized spacial score (nSPS) is 13.7. The Morgan fingerprint density at radius 1 is 1.13 bits per heavy atom. The summed E-state index contributed by atoms with van der Waals surface area (Å²) >= 11 is 5.81.